The predicted molar refractivity (Wildman–Crippen MR) is 163 cm³/mol. The van der Waals surface area contributed by atoms with Gasteiger partial charge < -0.3 is 15.7 Å². The van der Waals surface area contributed by atoms with E-state index in [2.05, 4.69) is 92.9 Å². The van der Waals surface area contributed by atoms with Crippen molar-refractivity contribution < 1.29 is 40.9 Å². The van der Waals surface area contributed by atoms with Crippen LogP contribution in [0.25, 0.3) is 0 Å². The molecule has 4 rings (SSSR count). The van der Waals surface area contributed by atoms with Crippen LogP contribution in [0.5, 0.6) is 0 Å². The normalized spacial score (nSPS) is 15.0. The van der Waals surface area contributed by atoms with Crippen LogP contribution >= 0.6 is 0 Å². The average Bonchev–Trinajstić information content (AvgIpc) is 3.41. The van der Waals surface area contributed by atoms with E-state index in [-0.39, 0.29) is 46.0 Å². The monoisotopic (exact) mass is 561 g/mol. The Bertz CT molecular complexity index is 1120. The van der Waals surface area contributed by atoms with Gasteiger partial charge in [0.1, 0.15) is 11.6 Å². The van der Waals surface area contributed by atoms with Crippen molar-refractivity contribution in [3.63, 3.8) is 0 Å². The molecular weight excluding hydrogens is 514 g/mol. The summed E-state index contributed by atoms with van der Waals surface area (Å²) < 4.78 is 5.06. The molecule has 203 valence electrons. The van der Waals surface area contributed by atoms with Gasteiger partial charge >= 0.3 is 29.6 Å². The number of carbonyl (C=O) groups excluding carboxylic acids is 1. The molecule has 6 nitrogen and oxygen atoms in total. The SMILES string of the molecule is CC(C)(C)[Si](C)(C)N1CCc2cc(C=O)cnc21.CC(C)(C)[Si](C)(C)N1CCc2cc(CO)cnc21.[B].[H-].[Na+]. The van der Waals surface area contributed by atoms with Crippen molar-refractivity contribution >= 4 is 42.8 Å². The van der Waals surface area contributed by atoms with Gasteiger partial charge in [0, 0.05) is 39.5 Å². The van der Waals surface area contributed by atoms with Gasteiger partial charge in [-0.1, -0.05) is 67.7 Å². The smallest absolute Gasteiger partial charge is 1.00 e. The van der Waals surface area contributed by atoms with E-state index in [4.69, 9.17) is 0 Å². The molecule has 0 fully saturated rings. The molecule has 0 atom stereocenters. The quantitative estimate of drug-likeness (QED) is 0.458. The molecular formula is C28H47BN4NaO2Si2. The second-order valence-electron chi connectivity index (χ2n) is 13.3. The molecule has 0 saturated carbocycles. The molecule has 0 aromatic carbocycles. The van der Waals surface area contributed by atoms with E-state index >= 15 is 0 Å². The fourth-order valence-corrected chi connectivity index (χ4v) is 9.08. The van der Waals surface area contributed by atoms with E-state index in [9.17, 15) is 9.90 Å². The summed E-state index contributed by atoms with van der Waals surface area (Å²) in [6, 6.07) is 4.10. The molecule has 0 spiro atoms. The van der Waals surface area contributed by atoms with Crippen LogP contribution in [0.15, 0.2) is 24.5 Å². The zero-order valence-corrected chi connectivity index (χ0v) is 29.6. The second-order valence-corrected chi connectivity index (χ2v) is 23.6. The molecule has 2 aromatic heterocycles. The zero-order valence-electron chi connectivity index (χ0n) is 26.6. The van der Waals surface area contributed by atoms with Gasteiger partial charge in [-0.25, -0.2) is 9.97 Å². The van der Waals surface area contributed by atoms with E-state index in [1.54, 1.807) is 6.20 Å². The van der Waals surface area contributed by atoms with Crippen LogP contribution in [0.4, 0.5) is 11.6 Å². The van der Waals surface area contributed by atoms with Crippen LogP contribution in [-0.4, -0.2) is 59.3 Å². The first-order valence-corrected chi connectivity index (χ1v) is 19.0. The van der Waals surface area contributed by atoms with Gasteiger partial charge in [0.25, 0.3) is 0 Å². The molecule has 2 aliphatic heterocycles. The number of hydrogen-bond donors (Lipinski definition) is 1. The van der Waals surface area contributed by atoms with E-state index in [1.807, 2.05) is 12.3 Å². The molecule has 0 unspecified atom stereocenters. The predicted octanol–water partition coefficient (Wildman–Crippen LogP) is 2.94. The Morgan fingerprint density at radius 2 is 1.29 bits per heavy atom. The Labute approximate surface area is 258 Å². The third kappa shape index (κ3) is 6.84. The molecule has 2 aliphatic rings. The number of aldehydes is 1. The molecule has 0 bridgehead atoms. The molecule has 4 heterocycles. The van der Waals surface area contributed by atoms with Crippen LogP contribution < -0.4 is 38.7 Å². The van der Waals surface area contributed by atoms with Crippen LogP contribution in [0.2, 0.25) is 36.3 Å². The van der Waals surface area contributed by atoms with Gasteiger partial charge in [-0.3, -0.25) is 4.79 Å². The second kappa shape index (κ2) is 12.7. The van der Waals surface area contributed by atoms with E-state index in [0.29, 0.717) is 15.6 Å². The van der Waals surface area contributed by atoms with E-state index in [1.165, 1.54) is 11.1 Å². The van der Waals surface area contributed by atoms with E-state index < -0.39 is 16.5 Å². The Kier molecular flexibility index (Phi) is 11.7. The average molecular weight is 562 g/mol. The van der Waals surface area contributed by atoms with E-state index in [0.717, 1.165) is 49.4 Å². The summed E-state index contributed by atoms with van der Waals surface area (Å²) in [6.45, 7) is 25.8. The van der Waals surface area contributed by atoms with Gasteiger partial charge in [0.15, 0.2) is 22.8 Å². The number of fused-ring (bicyclic) bond motifs is 2. The first kappa shape index (κ1) is 35.1. The van der Waals surface area contributed by atoms with Gasteiger partial charge in [-0.15, -0.1) is 0 Å². The molecule has 1 N–H and O–H groups in total. The maximum Gasteiger partial charge on any atom is 1.00 e. The van der Waals surface area contributed by atoms with Crippen molar-refractivity contribution in [3.8, 4) is 0 Å². The minimum atomic E-state index is -1.57. The van der Waals surface area contributed by atoms with Crippen molar-refractivity contribution in [1.82, 2.24) is 9.97 Å². The molecule has 10 heteroatoms. The number of hydrogen-bond acceptors (Lipinski definition) is 6. The van der Waals surface area contributed by atoms with Gasteiger partial charge in [-0.2, -0.15) is 0 Å². The summed E-state index contributed by atoms with van der Waals surface area (Å²) in [5.41, 5.74) is 4.13. The van der Waals surface area contributed by atoms with Crippen molar-refractivity contribution in [1.29, 1.82) is 0 Å². The molecule has 38 heavy (non-hydrogen) atoms. The standard InChI is InChI=1S/C14H24N2OSi.C14H22N2OSi.B.Na.H/c2*1-14(2,3)18(4,5)16-7-6-12-8-11(10-17)9-15-13(12)16;;;/h8-9,17H,6-7,10H2,1-5H3;8-10H,6-7H2,1-5H3;;;/q;;;+1;-1. The summed E-state index contributed by atoms with van der Waals surface area (Å²) in [6.07, 6.45) is 6.45. The molecule has 2 aromatic rings. The first-order valence-electron chi connectivity index (χ1n) is 13.1. The van der Waals surface area contributed by atoms with Crippen molar-refractivity contribution in [2.45, 2.75) is 97.3 Å². The molecule has 3 radical (unpaired) electrons. The van der Waals surface area contributed by atoms with Gasteiger partial charge in [0.05, 0.1) is 6.61 Å². The minimum absolute atomic E-state index is 0. The van der Waals surface area contributed by atoms with Crippen LogP contribution in [-0.2, 0) is 19.4 Å². The maximum absolute atomic E-state index is 10.8. The number of aromatic nitrogens is 2. The van der Waals surface area contributed by atoms with Crippen LogP contribution in [0.3, 0.4) is 0 Å². The third-order valence-electron chi connectivity index (χ3n) is 9.02. The largest absolute Gasteiger partial charge is 1.00 e. The van der Waals surface area contributed by atoms with Gasteiger partial charge in [0.2, 0.25) is 0 Å². The van der Waals surface area contributed by atoms with Crippen LogP contribution in [0.1, 0.15) is 70.0 Å². The van der Waals surface area contributed by atoms with Crippen molar-refractivity contribution in [3.05, 3.63) is 46.8 Å². The van der Waals surface area contributed by atoms with Gasteiger partial charge in [-0.05, 0) is 51.7 Å². The molecule has 0 amide bonds. The number of pyridine rings is 2. The molecule has 0 saturated heterocycles. The number of aliphatic hydroxyl groups excluding tert-OH is 1. The number of rotatable bonds is 4. The summed E-state index contributed by atoms with van der Waals surface area (Å²) in [4.78, 5) is 19.9. The topological polar surface area (TPSA) is 69.6 Å². The number of nitrogens with zero attached hydrogens (tertiary/aromatic N) is 4. The fourth-order valence-electron chi connectivity index (χ4n) is 4.65. The number of anilines is 2. The fraction of sp³-hybridized carbons (Fsp3) is 0.607. The summed E-state index contributed by atoms with van der Waals surface area (Å²) >= 11 is 0. The summed E-state index contributed by atoms with van der Waals surface area (Å²) in [7, 11) is -3.11. The zero-order chi connectivity index (χ0) is 27.1. The van der Waals surface area contributed by atoms with Crippen LogP contribution in [0, 0.1) is 0 Å². The number of aliphatic hydroxyl groups is 1. The van der Waals surface area contributed by atoms with Crippen molar-refractivity contribution in [2.24, 2.45) is 0 Å². The van der Waals surface area contributed by atoms with Crippen molar-refractivity contribution in [2.75, 3.05) is 22.2 Å². The Balaban J connectivity index is 0.000000688. The summed E-state index contributed by atoms with van der Waals surface area (Å²) in [5, 5.41) is 9.81. The first-order chi connectivity index (χ1) is 16.5. The molecule has 0 aliphatic carbocycles. The minimum Gasteiger partial charge on any atom is -1.00 e. The Hall–Kier alpha value is -0.971. The maximum atomic E-state index is 10.8. The summed E-state index contributed by atoms with van der Waals surface area (Å²) in [5.74, 6) is 2.26. The Morgan fingerprint density at radius 3 is 1.68 bits per heavy atom. The number of carbonyl (C=O) groups is 1. The third-order valence-corrected chi connectivity index (χ3v) is 19.9. The Morgan fingerprint density at radius 1 is 0.868 bits per heavy atom.